The van der Waals surface area contributed by atoms with Crippen LogP contribution in [0.2, 0.25) is 0 Å². The second-order valence-electron chi connectivity index (χ2n) is 9.52. The number of allylic oxidation sites excluding steroid dienone is 1. The Kier molecular flexibility index (Phi) is 7.15. The molecule has 0 saturated carbocycles. The Morgan fingerprint density at radius 3 is 2.49 bits per heavy atom. The van der Waals surface area contributed by atoms with E-state index in [0.29, 0.717) is 46.8 Å². The largest absolute Gasteiger partial charge is 0.493 e. The molecular weight excluding hydrogens is 516 g/mol. The highest BCUT2D eigenvalue weighted by atomic mass is 16.5. The van der Waals surface area contributed by atoms with Crippen LogP contribution in [-0.4, -0.2) is 32.8 Å². The van der Waals surface area contributed by atoms with Gasteiger partial charge in [-0.25, -0.2) is 4.68 Å². The fourth-order valence-electron chi connectivity index (χ4n) is 4.81. The molecule has 1 amide bonds. The summed E-state index contributed by atoms with van der Waals surface area (Å²) in [5, 5.41) is 11.1. The van der Waals surface area contributed by atoms with E-state index in [1.165, 1.54) is 0 Å². The fraction of sp³-hybridized carbons (Fsp3) is 0.125. The van der Waals surface area contributed by atoms with Gasteiger partial charge in [0.25, 0.3) is 5.91 Å². The van der Waals surface area contributed by atoms with Crippen LogP contribution in [0.3, 0.4) is 0 Å². The lowest BCUT2D eigenvalue weighted by molar-refractivity contribution is -0.113. The molecule has 0 spiro atoms. The number of rotatable bonds is 8. The Morgan fingerprint density at radius 2 is 1.76 bits per heavy atom. The molecule has 0 aliphatic carbocycles. The minimum absolute atomic E-state index is 0.279. The first kappa shape index (κ1) is 25.8. The van der Waals surface area contributed by atoms with E-state index in [4.69, 9.17) is 19.6 Å². The number of anilines is 2. The van der Waals surface area contributed by atoms with E-state index in [-0.39, 0.29) is 5.91 Å². The van der Waals surface area contributed by atoms with Gasteiger partial charge in [-0.15, -0.1) is 5.10 Å². The lowest BCUT2D eigenvalue weighted by atomic mass is 9.94. The first-order valence-corrected chi connectivity index (χ1v) is 13.2. The molecule has 0 radical (unpaired) electrons. The molecule has 1 atom stereocenters. The standard InChI is InChI=1S/C32H28N6O3/c1-21-28(31(39)35-25-14-9-17-33-19-25)29(38-32(34-21)36-30(37-38)23-12-7-4-8-13-23)24-15-16-26(27(18-24)40-2)41-20-22-10-5-3-6-11-22/h3-19,29H,20H2,1-2H3,(H,35,39)(H,34,36,37)/t29-/m1/s1. The van der Waals surface area contributed by atoms with Crippen LogP contribution in [0.25, 0.3) is 11.4 Å². The summed E-state index contributed by atoms with van der Waals surface area (Å²) in [5.41, 5.74) is 4.46. The molecule has 0 unspecified atom stereocenters. The van der Waals surface area contributed by atoms with Gasteiger partial charge < -0.3 is 20.1 Å². The van der Waals surface area contributed by atoms with Crippen molar-refractivity contribution >= 4 is 17.5 Å². The molecule has 9 nitrogen and oxygen atoms in total. The number of nitrogens with one attached hydrogen (secondary N) is 2. The Balaban J connectivity index is 1.40. The van der Waals surface area contributed by atoms with Gasteiger partial charge in [-0.05, 0) is 42.3 Å². The van der Waals surface area contributed by atoms with Gasteiger partial charge in [0.15, 0.2) is 17.3 Å². The van der Waals surface area contributed by atoms with E-state index in [9.17, 15) is 4.79 Å². The summed E-state index contributed by atoms with van der Waals surface area (Å²) in [4.78, 5) is 22.7. The predicted molar refractivity (Wildman–Crippen MR) is 157 cm³/mol. The summed E-state index contributed by atoms with van der Waals surface area (Å²) in [5.74, 6) is 1.95. The highest BCUT2D eigenvalue weighted by molar-refractivity contribution is 6.06. The van der Waals surface area contributed by atoms with Crippen molar-refractivity contribution in [2.45, 2.75) is 19.6 Å². The van der Waals surface area contributed by atoms with E-state index >= 15 is 0 Å². The number of methoxy groups -OCH3 is 1. The average Bonchev–Trinajstić information content (AvgIpc) is 3.44. The average molecular weight is 545 g/mol. The lowest BCUT2D eigenvalue weighted by Crippen LogP contribution is -2.31. The third-order valence-electron chi connectivity index (χ3n) is 6.79. The summed E-state index contributed by atoms with van der Waals surface area (Å²) in [6.07, 6.45) is 3.26. The molecule has 6 rings (SSSR count). The molecule has 1 aliphatic rings. The second kappa shape index (κ2) is 11.4. The van der Waals surface area contributed by atoms with Gasteiger partial charge >= 0.3 is 0 Å². The van der Waals surface area contributed by atoms with Crippen molar-refractivity contribution in [3.05, 3.63) is 126 Å². The van der Waals surface area contributed by atoms with Crippen LogP contribution in [0.1, 0.15) is 24.1 Å². The monoisotopic (exact) mass is 544 g/mol. The number of pyridine rings is 1. The first-order chi connectivity index (χ1) is 20.1. The molecule has 0 saturated heterocycles. The number of hydrogen-bond donors (Lipinski definition) is 2. The number of benzene rings is 3. The van der Waals surface area contributed by atoms with Crippen LogP contribution in [0.4, 0.5) is 11.6 Å². The van der Waals surface area contributed by atoms with Gasteiger partial charge in [0.05, 0.1) is 24.6 Å². The van der Waals surface area contributed by atoms with Crippen LogP contribution in [0.15, 0.2) is 115 Å². The molecule has 2 aromatic heterocycles. The molecule has 5 aromatic rings. The van der Waals surface area contributed by atoms with Crippen LogP contribution in [-0.2, 0) is 11.4 Å². The van der Waals surface area contributed by atoms with Gasteiger partial charge in [-0.3, -0.25) is 9.78 Å². The SMILES string of the molecule is COc1cc([C@@H]2C(C(=O)Nc3cccnc3)=C(C)Nc3nc(-c4ccccc4)nn32)ccc1OCc1ccccc1. The molecule has 9 heteroatoms. The van der Waals surface area contributed by atoms with Crippen molar-refractivity contribution in [2.75, 3.05) is 17.7 Å². The molecule has 0 fully saturated rings. The number of amides is 1. The Labute approximate surface area is 237 Å². The number of nitrogens with zero attached hydrogens (tertiary/aromatic N) is 4. The molecule has 3 heterocycles. The Morgan fingerprint density at radius 1 is 0.976 bits per heavy atom. The zero-order chi connectivity index (χ0) is 28.2. The van der Waals surface area contributed by atoms with E-state index in [1.54, 1.807) is 36.3 Å². The maximum absolute atomic E-state index is 13.8. The van der Waals surface area contributed by atoms with Crippen molar-refractivity contribution in [3.8, 4) is 22.9 Å². The van der Waals surface area contributed by atoms with Gasteiger partial charge in [-0.2, -0.15) is 4.98 Å². The highest BCUT2D eigenvalue weighted by Crippen LogP contribution is 2.40. The number of ether oxygens (including phenoxy) is 2. The zero-order valence-electron chi connectivity index (χ0n) is 22.6. The molecule has 204 valence electrons. The van der Waals surface area contributed by atoms with Crippen LogP contribution in [0, 0.1) is 0 Å². The van der Waals surface area contributed by atoms with Crippen molar-refractivity contribution in [2.24, 2.45) is 0 Å². The zero-order valence-corrected chi connectivity index (χ0v) is 22.6. The topological polar surface area (TPSA) is 103 Å². The normalized spacial score (nSPS) is 14.1. The smallest absolute Gasteiger partial charge is 0.255 e. The summed E-state index contributed by atoms with van der Waals surface area (Å²) in [7, 11) is 1.60. The summed E-state index contributed by atoms with van der Waals surface area (Å²) < 4.78 is 13.6. The van der Waals surface area contributed by atoms with Crippen molar-refractivity contribution in [1.29, 1.82) is 0 Å². The molecule has 3 aromatic carbocycles. The summed E-state index contributed by atoms with van der Waals surface area (Å²) in [6, 6.07) is 28.3. The molecule has 1 aliphatic heterocycles. The Bertz CT molecular complexity index is 1700. The van der Waals surface area contributed by atoms with Gasteiger partial charge in [0.1, 0.15) is 12.6 Å². The summed E-state index contributed by atoms with van der Waals surface area (Å²) >= 11 is 0. The van der Waals surface area contributed by atoms with Crippen molar-refractivity contribution in [3.63, 3.8) is 0 Å². The van der Waals surface area contributed by atoms with Crippen LogP contribution >= 0.6 is 0 Å². The van der Waals surface area contributed by atoms with Crippen molar-refractivity contribution in [1.82, 2.24) is 19.7 Å². The van der Waals surface area contributed by atoms with E-state index in [0.717, 1.165) is 16.7 Å². The van der Waals surface area contributed by atoms with Gasteiger partial charge in [-0.1, -0.05) is 66.7 Å². The number of carbonyl (C=O) groups is 1. The predicted octanol–water partition coefficient (Wildman–Crippen LogP) is 5.86. The number of aromatic nitrogens is 4. The maximum atomic E-state index is 13.8. The molecule has 0 bridgehead atoms. The number of hydrogen-bond acceptors (Lipinski definition) is 7. The Hall–Kier alpha value is -5.44. The van der Waals surface area contributed by atoms with E-state index in [2.05, 4.69) is 15.6 Å². The molecule has 2 N–H and O–H groups in total. The highest BCUT2D eigenvalue weighted by Gasteiger charge is 2.35. The maximum Gasteiger partial charge on any atom is 0.255 e. The molecule has 41 heavy (non-hydrogen) atoms. The van der Waals surface area contributed by atoms with Crippen molar-refractivity contribution < 1.29 is 14.3 Å². The van der Waals surface area contributed by atoms with Crippen LogP contribution in [0.5, 0.6) is 11.5 Å². The third kappa shape index (κ3) is 5.38. The van der Waals surface area contributed by atoms with E-state index in [1.807, 2.05) is 85.8 Å². The first-order valence-electron chi connectivity index (χ1n) is 13.2. The van der Waals surface area contributed by atoms with Crippen LogP contribution < -0.4 is 20.1 Å². The van der Waals surface area contributed by atoms with Gasteiger partial charge in [0.2, 0.25) is 5.95 Å². The quantitative estimate of drug-likeness (QED) is 0.252. The fourth-order valence-corrected chi connectivity index (χ4v) is 4.81. The second-order valence-corrected chi connectivity index (χ2v) is 9.52. The third-order valence-corrected chi connectivity index (χ3v) is 6.79. The molecular formula is C32H28N6O3. The number of fused-ring (bicyclic) bond motifs is 1. The minimum Gasteiger partial charge on any atom is -0.493 e. The van der Waals surface area contributed by atoms with E-state index < -0.39 is 6.04 Å². The van der Waals surface area contributed by atoms with Gasteiger partial charge in [0, 0.05) is 17.5 Å². The summed E-state index contributed by atoms with van der Waals surface area (Å²) in [6.45, 7) is 2.26. The minimum atomic E-state index is -0.593. The lowest BCUT2D eigenvalue weighted by Gasteiger charge is -2.29. The number of carbonyl (C=O) groups excluding carboxylic acids is 1.